The summed E-state index contributed by atoms with van der Waals surface area (Å²) in [5.41, 5.74) is 6.91. The molecule has 0 radical (unpaired) electrons. The number of thiocarbonyl (C=S) groups is 1. The number of amides is 1. The topological polar surface area (TPSA) is 58.4 Å². The second-order valence-electron chi connectivity index (χ2n) is 5.34. The molecule has 0 aromatic heterocycles. The maximum atomic E-state index is 11.9. The molecule has 1 fully saturated rings. The predicted molar refractivity (Wildman–Crippen MR) is 86.3 cm³/mol. The summed E-state index contributed by atoms with van der Waals surface area (Å²) in [7, 11) is 1.67. The normalized spacial score (nSPS) is 21.9. The molecule has 4 nitrogen and oxygen atoms in total. The standard InChI is InChI=1S/C14H18ClN3OS/c1-14(13(19)17-2)5-6-18(8-14)9-3-4-10(12(16)20)11(15)7-9/h3-4,7H,5-6,8H2,1-2H3,(H2,16,20)(H,17,19). The van der Waals surface area contributed by atoms with E-state index in [1.165, 1.54) is 0 Å². The molecule has 0 bridgehead atoms. The van der Waals surface area contributed by atoms with E-state index in [1.807, 2.05) is 25.1 Å². The molecule has 1 unspecified atom stereocenters. The Morgan fingerprint density at radius 3 is 2.80 bits per heavy atom. The molecule has 108 valence electrons. The summed E-state index contributed by atoms with van der Waals surface area (Å²) in [5.74, 6) is 0.0749. The van der Waals surface area contributed by atoms with Gasteiger partial charge in [-0.1, -0.05) is 23.8 Å². The van der Waals surface area contributed by atoms with Crippen molar-refractivity contribution in [3.8, 4) is 0 Å². The maximum Gasteiger partial charge on any atom is 0.227 e. The van der Waals surface area contributed by atoms with Gasteiger partial charge in [-0.3, -0.25) is 4.79 Å². The second-order valence-corrected chi connectivity index (χ2v) is 6.19. The van der Waals surface area contributed by atoms with Crippen molar-refractivity contribution in [1.29, 1.82) is 0 Å². The smallest absolute Gasteiger partial charge is 0.227 e. The molecule has 6 heteroatoms. The zero-order valence-corrected chi connectivity index (χ0v) is 13.1. The number of halogens is 1. The van der Waals surface area contributed by atoms with Gasteiger partial charge < -0.3 is 16.0 Å². The third kappa shape index (κ3) is 2.74. The zero-order chi connectivity index (χ0) is 14.9. The van der Waals surface area contributed by atoms with Gasteiger partial charge in [-0.15, -0.1) is 0 Å². The highest BCUT2D eigenvalue weighted by molar-refractivity contribution is 7.80. The van der Waals surface area contributed by atoms with E-state index in [1.54, 1.807) is 7.05 Å². The summed E-state index contributed by atoms with van der Waals surface area (Å²) < 4.78 is 0. The predicted octanol–water partition coefficient (Wildman–Crippen LogP) is 1.94. The Bertz CT molecular complexity index is 563. The number of rotatable bonds is 3. The van der Waals surface area contributed by atoms with Crippen molar-refractivity contribution in [3.05, 3.63) is 28.8 Å². The summed E-state index contributed by atoms with van der Waals surface area (Å²) in [6.45, 7) is 3.49. The van der Waals surface area contributed by atoms with E-state index in [2.05, 4.69) is 10.2 Å². The van der Waals surface area contributed by atoms with Crippen LogP contribution < -0.4 is 16.0 Å². The number of carbonyl (C=O) groups excluding carboxylic acids is 1. The van der Waals surface area contributed by atoms with Gasteiger partial charge in [0.25, 0.3) is 0 Å². The van der Waals surface area contributed by atoms with Crippen LogP contribution in [-0.2, 0) is 4.79 Å². The van der Waals surface area contributed by atoms with Gasteiger partial charge in [-0.25, -0.2) is 0 Å². The second kappa shape index (κ2) is 5.58. The first kappa shape index (κ1) is 15.1. The summed E-state index contributed by atoms with van der Waals surface area (Å²) in [6, 6.07) is 5.62. The van der Waals surface area contributed by atoms with Crippen molar-refractivity contribution in [2.45, 2.75) is 13.3 Å². The average molecular weight is 312 g/mol. The summed E-state index contributed by atoms with van der Waals surface area (Å²) in [6.07, 6.45) is 0.821. The summed E-state index contributed by atoms with van der Waals surface area (Å²) in [4.78, 5) is 14.4. The van der Waals surface area contributed by atoms with Gasteiger partial charge in [0.05, 0.1) is 10.4 Å². The lowest BCUT2D eigenvalue weighted by molar-refractivity contribution is -0.128. The summed E-state index contributed by atoms with van der Waals surface area (Å²) in [5, 5.41) is 3.27. The monoisotopic (exact) mass is 311 g/mol. The van der Waals surface area contributed by atoms with Crippen LogP contribution in [0.15, 0.2) is 18.2 Å². The molecule has 1 aliphatic heterocycles. The van der Waals surface area contributed by atoms with Gasteiger partial charge in [0.1, 0.15) is 4.99 Å². The SMILES string of the molecule is CNC(=O)C1(C)CCN(c2ccc(C(N)=S)c(Cl)c2)C1. The number of nitrogens with two attached hydrogens (primary N) is 1. The average Bonchev–Trinajstić information content (AvgIpc) is 2.81. The Balaban J connectivity index is 2.21. The number of hydrogen-bond donors (Lipinski definition) is 2. The lowest BCUT2D eigenvalue weighted by atomic mass is 9.89. The molecule has 2 rings (SSSR count). The van der Waals surface area contributed by atoms with Crippen LogP contribution in [0, 0.1) is 5.41 Å². The van der Waals surface area contributed by atoms with Crippen LogP contribution in [0.25, 0.3) is 0 Å². The van der Waals surface area contributed by atoms with Crippen molar-refractivity contribution in [3.63, 3.8) is 0 Å². The number of nitrogens with zero attached hydrogens (tertiary/aromatic N) is 1. The molecule has 1 aromatic rings. The first-order valence-electron chi connectivity index (χ1n) is 6.44. The van der Waals surface area contributed by atoms with E-state index in [9.17, 15) is 4.79 Å². The molecule has 1 aliphatic rings. The Kier molecular flexibility index (Phi) is 4.20. The van der Waals surface area contributed by atoms with Gasteiger partial charge >= 0.3 is 0 Å². The number of carbonyl (C=O) groups is 1. The molecular weight excluding hydrogens is 294 g/mol. The van der Waals surface area contributed by atoms with E-state index in [0.29, 0.717) is 17.1 Å². The molecular formula is C14H18ClN3OS. The van der Waals surface area contributed by atoms with Gasteiger partial charge in [-0.2, -0.15) is 0 Å². The molecule has 0 aliphatic carbocycles. The van der Waals surface area contributed by atoms with Gasteiger partial charge in [-0.05, 0) is 31.5 Å². The molecule has 1 heterocycles. The van der Waals surface area contributed by atoms with Crippen molar-refractivity contribution < 1.29 is 4.79 Å². The van der Waals surface area contributed by atoms with Crippen LogP contribution in [-0.4, -0.2) is 31.0 Å². The van der Waals surface area contributed by atoms with Gasteiger partial charge in [0.15, 0.2) is 0 Å². The van der Waals surface area contributed by atoms with E-state index in [-0.39, 0.29) is 16.3 Å². The van der Waals surface area contributed by atoms with Crippen molar-refractivity contribution in [2.24, 2.45) is 11.1 Å². The molecule has 3 N–H and O–H groups in total. The fourth-order valence-corrected chi connectivity index (χ4v) is 3.08. The molecule has 1 amide bonds. The van der Waals surface area contributed by atoms with Crippen LogP contribution in [0.4, 0.5) is 5.69 Å². The van der Waals surface area contributed by atoms with Crippen molar-refractivity contribution in [2.75, 3.05) is 25.0 Å². The van der Waals surface area contributed by atoms with Gasteiger partial charge in [0.2, 0.25) is 5.91 Å². The van der Waals surface area contributed by atoms with E-state index >= 15 is 0 Å². The first-order valence-corrected chi connectivity index (χ1v) is 7.22. The van der Waals surface area contributed by atoms with Crippen LogP contribution in [0.5, 0.6) is 0 Å². The molecule has 1 saturated heterocycles. The Hall–Kier alpha value is -1.33. The highest BCUT2D eigenvalue weighted by Gasteiger charge is 2.39. The quantitative estimate of drug-likeness (QED) is 0.838. The maximum absolute atomic E-state index is 11.9. The first-order chi connectivity index (χ1) is 9.37. The molecule has 0 saturated carbocycles. The fraction of sp³-hybridized carbons (Fsp3) is 0.429. The number of nitrogens with one attached hydrogen (secondary N) is 1. The lowest BCUT2D eigenvalue weighted by Gasteiger charge is -2.24. The van der Waals surface area contributed by atoms with Crippen molar-refractivity contribution in [1.82, 2.24) is 5.32 Å². The highest BCUT2D eigenvalue weighted by Crippen LogP contribution is 2.34. The number of anilines is 1. The lowest BCUT2D eigenvalue weighted by Crippen LogP contribution is -2.39. The summed E-state index contributed by atoms with van der Waals surface area (Å²) >= 11 is 11.1. The highest BCUT2D eigenvalue weighted by atomic mass is 35.5. The fourth-order valence-electron chi connectivity index (χ4n) is 2.57. The van der Waals surface area contributed by atoms with E-state index < -0.39 is 0 Å². The van der Waals surface area contributed by atoms with E-state index in [0.717, 1.165) is 18.7 Å². The zero-order valence-electron chi connectivity index (χ0n) is 11.6. The Morgan fingerprint density at radius 1 is 1.55 bits per heavy atom. The van der Waals surface area contributed by atoms with Crippen LogP contribution in [0.3, 0.4) is 0 Å². The van der Waals surface area contributed by atoms with Crippen LogP contribution in [0.2, 0.25) is 5.02 Å². The number of benzene rings is 1. The van der Waals surface area contributed by atoms with Crippen LogP contribution in [0.1, 0.15) is 18.9 Å². The molecule has 20 heavy (non-hydrogen) atoms. The molecule has 1 atom stereocenters. The minimum absolute atomic E-state index is 0.0749. The number of hydrogen-bond acceptors (Lipinski definition) is 3. The van der Waals surface area contributed by atoms with Gasteiger partial charge in [0, 0.05) is 31.4 Å². The van der Waals surface area contributed by atoms with E-state index in [4.69, 9.17) is 29.6 Å². The van der Waals surface area contributed by atoms with Crippen LogP contribution >= 0.6 is 23.8 Å². The largest absolute Gasteiger partial charge is 0.389 e. The Morgan fingerprint density at radius 2 is 2.25 bits per heavy atom. The minimum Gasteiger partial charge on any atom is -0.389 e. The van der Waals surface area contributed by atoms with Crippen molar-refractivity contribution >= 4 is 40.4 Å². The minimum atomic E-state index is -0.358. The molecule has 0 spiro atoms. The third-order valence-corrected chi connectivity index (χ3v) is 4.36. The molecule has 1 aromatic carbocycles. The Labute approximate surface area is 129 Å². The third-order valence-electron chi connectivity index (χ3n) is 3.83.